The van der Waals surface area contributed by atoms with Gasteiger partial charge in [-0.1, -0.05) is 23.8 Å². The molecule has 0 aliphatic heterocycles. The van der Waals surface area contributed by atoms with Crippen LogP contribution in [-0.2, 0) is 6.42 Å². The van der Waals surface area contributed by atoms with Crippen molar-refractivity contribution in [2.24, 2.45) is 0 Å². The molecule has 3 aromatic rings. The van der Waals surface area contributed by atoms with Gasteiger partial charge in [-0.05, 0) is 36.9 Å². The molecule has 25 heavy (non-hydrogen) atoms. The molecule has 0 amide bonds. The number of nitrogens with one attached hydrogen (secondary N) is 2. The van der Waals surface area contributed by atoms with Crippen molar-refractivity contribution in [3.05, 3.63) is 58.3 Å². The molecule has 0 radical (unpaired) electrons. The first-order valence-corrected chi connectivity index (χ1v) is 9.14. The first-order chi connectivity index (χ1) is 12.1. The predicted molar refractivity (Wildman–Crippen MR) is 107 cm³/mol. The van der Waals surface area contributed by atoms with Crippen molar-refractivity contribution in [3.63, 3.8) is 0 Å². The largest absolute Gasteiger partial charge is 0.363 e. The Hall–Kier alpha value is -2.60. The number of thiophene rings is 1. The minimum Gasteiger partial charge on any atom is -0.363 e. The predicted octanol–water partition coefficient (Wildman–Crippen LogP) is 4.31. The minimum absolute atomic E-state index is 0.636. The summed E-state index contributed by atoms with van der Waals surface area (Å²) in [7, 11) is 3.96. The van der Waals surface area contributed by atoms with E-state index in [0.717, 1.165) is 30.3 Å². The van der Waals surface area contributed by atoms with Gasteiger partial charge in [0, 0.05) is 37.3 Å². The third kappa shape index (κ3) is 4.93. The van der Waals surface area contributed by atoms with Crippen LogP contribution in [0.5, 0.6) is 0 Å². The van der Waals surface area contributed by atoms with Gasteiger partial charge in [0.15, 0.2) is 0 Å². The van der Waals surface area contributed by atoms with Gasteiger partial charge in [0.25, 0.3) is 0 Å². The molecule has 2 heterocycles. The van der Waals surface area contributed by atoms with E-state index in [2.05, 4.69) is 69.3 Å². The Morgan fingerprint density at radius 2 is 1.88 bits per heavy atom. The Labute approximate surface area is 152 Å². The highest BCUT2D eigenvalue weighted by molar-refractivity contribution is 7.09. The fourth-order valence-corrected chi connectivity index (χ4v) is 3.05. The number of aromatic nitrogens is 2. The number of nitrogens with zero attached hydrogens (tertiary/aromatic N) is 3. The Bertz CT molecular complexity index is 797. The number of anilines is 4. The second-order valence-corrected chi connectivity index (χ2v) is 7.11. The van der Waals surface area contributed by atoms with Gasteiger partial charge < -0.3 is 15.5 Å². The highest BCUT2D eigenvalue weighted by Crippen LogP contribution is 2.21. The van der Waals surface area contributed by atoms with Crippen molar-refractivity contribution >= 4 is 34.6 Å². The smallest absolute Gasteiger partial charge is 0.226 e. The van der Waals surface area contributed by atoms with E-state index in [4.69, 9.17) is 0 Å². The van der Waals surface area contributed by atoms with E-state index < -0.39 is 0 Å². The summed E-state index contributed by atoms with van der Waals surface area (Å²) < 4.78 is 0. The van der Waals surface area contributed by atoms with Gasteiger partial charge in [0.05, 0.1) is 0 Å². The zero-order chi connectivity index (χ0) is 17.6. The molecule has 0 spiro atoms. The highest BCUT2D eigenvalue weighted by Gasteiger charge is 2.07. The van der Waals surface area contributed by atoms with Crippen LogP contribution in [-0.4, -0.2) is 30.6 Å². The summed E-state index contributed by atoms with van der Waals surface area (Å²) >= 11 is 1.77. The molecule has 0 bridgehead atoms. The van der Waals surface area contributed by atoms with Crippen LogP contribution in [0.3, 0.4) is 0 Å². The number of hydrogen-bond donors (Lipinski definition) is 2. The van der Waals surface area contributed by atoms with E-state index in [9.17, 15) is 0 Å². The standard InChI is InChI=1S/C19H23N5S/c1-14-6-8-15(9-7-14)21-17-13-18(24(2)3)23-19(22-17)20-11-10-16-5-4-12-25-16/h4-9,12-13H,10-11H2,1-3H3,(H2,20,21,22,23). The maximum atomic E-state index is 4.60. The lowest BCUT2D eigenvalue weighted by Crippen LogP contribution is -2.15. The lowest BCUT2D eigenvalue weighted by molar-refractivity contribution is 0.982. The molecule has 1 aromatic carbocycles. The van der Waals surface area contributed by atoms with Gasteiger partial charge in [-0.2, -0.15) is 9.97 Å². The van der Waals surface area contributed by atoms with Crippen LogP contribution in [0.15, 0.2) is 47.8 Å². The van der Waals surface area contributed by atoms with E-state index in [1.54, 1.807) is 11.3 Å². The van der Waals surface area contributed by atoms with E-state index in [-0.39, 0.29) is 0 Å². The van der Waals surface area contributed by atoms with Gasteiger partial charge in [0.1, 0.15) is 11.6 Å². The number of hydrogen-bond acceptors (Lipinski definition) is 6. The van der Waals surface area contributed by atoms with Crippen LogP contribution in [0.1, 0.15) is 10.4 Å². The summed E-state index contributed by atoms with van der Waals surface area (Å²) in [6.07, 6.45) is 0.966. The Kier molecular flexibility index (Phi) is 5.50. The molecular formula is C19H23N5S. The van der Waals surface area contributed by atoms with Gasteiger partial charge >= 0.3 is 0 Å². The molecule has 130 valence electrons. The molecule has 0 saturated carbocycles. The lowest BCUT2D eigenvalue weighted by Gasteiger charge is -2.15. The highest BCUT2D eigenvalue weighted by atomic mass is 32.1. The first kappa shape index (κ1) is 17.2. The van der Waals surface area contributed by atoms with Crippen molar-refractivity contribution in [2.45, 2.75) is 13.3 Å². The molecule has 0 unspecified atom stereocenters. The molecule has 6 heteroatoms. The maximum absolute atomic E-state index is 4.60. The zero-order valence-electron chi connectivity index (χ0n) is 14.8. The monoisotopic (exact) mass is 353 g/mol. The van der Waals surface area contributed by atoms with Crippen LogP contribution in [0.2, 0.25) is 0 Å². The zero-order valence-corrected chi connectivity index (χ0v) is 15.6. The van der Waals surface area contributed by atoms with Gasteiger partial charge in [-0.15, -0.1) is 11.3 Å². The number of aryl methyl sites for hydroxylation is 1. The maximum Gasteiger partial charge on any atom is 0.226 e. The van der Waals surface area contributed by atoms with Crippen molar-refractivity contribution < 1.29 is 0 Å². The molecule has 0 aliphatic rings. The molecule has 3 rings (SSSR count). The third-order valence-electron chi connectivity index (χ3n) is 3.73. The van der Waals surface area contributed by atoms with Crippen LogP contribution < -0.4 is 15.5 Å². The summed E-state index contributed by atoms with van der Waals surface area (Å²) in [5, 5.41) is 8.79. The summed E-state index contributed by atoms with van der Waals surface area (Å²) in [5.74, 6) is 2.28. The first-order valence-electron chi connectivity index (χ1n) is 8.26. The summed E-state index contributed by atoms with van der Waals surface area (Å²) in [6, 6.07) is 14.4. The van der Waals surface area contributed by atoms with Crippen LogP contribution >= 0.6 is 11.3 Å². The molecule has 0 aliphatic carbocycles. The van der Waals surface area contributed by atoms with Crippen molar-refractivity contribution in [3.8, 4) is 0 Å². The Morgan fingerprint density at radius 1 is 1.08 bits per heavy atom. The quantitative estimate of drug-likeness (QED) is 0.663. The molecule has 5 nitrogen and oxygen atoms in total. The average molecular weight is 353 g/mol. The van der Waals surface area contributed by atoms with Gasteiger partial charge in [-0.25, -0.2) is 0 Å². The Morgan fingerprint density at radius 3 is 2.56 bits per heavy atom. The SMILES string of the molecule is Cc1ccc(Nc2cc(N(C)C)nc(NCCc3cccs3)n2)cc1. The molecule has 2 N–H and O–H groups in total. The van der Waals surface area contributed by atoms with Crippen molar-refractivity contribution in [2.75, 3.05) is 36.2 Å². The molecule has 0 atom stereocenters. The van der Waals surface area contributed by atoms with E-state index >= 15 is 0 Å². The lowest BCUT2D eigenvalue weighted by atomic mass is 10.2. The summed E-state index contributed by atoms with van der Waals surface area (Å²) in [5.41, 5.74) is 2.25. The van der Waals surface area contributed by atoms with Crippen LogP contribution in [0, 0.1) is 6.92 Å². The topological polar surface area (TPSA) is 53.1 Å². The number of rotatable bonds is 7. The molecule has 0 fully saturated rings. The van der Waals surface area contributed by atoms with Gasteiger partial charge in [-0.3, -0.25) is 0 Å². The summed E-state index contributed by atoms with van der Waals surface area (Å²) in [4.78, 5) is 12.5. The number of benzene rings is 1. The van der Waals surface area contributed by atoms with Crippen molar-refractivity contribution in [1.29, 1.82) is 0 Å². The van der Waals surface area contributed by atoms with E-state index in [1.807, 2.05) is 25.1 Å². The summed E-state index contributed by atoms with van der Waals surface area (Å²) in [6.45, 7) is 2.88. The van der Waals surface area contributed by atoms with E-state index in [0.29, 0.717) is 5.95 Å². The normalized spacial score (nSPS) is 10.5. The minimum atomic E-state index is 0.636. The molecule has 2 aromatic heterocycles. The third-order valence-corrected chi connectivity index (χ3v) is 4.67. The van der Waals surface area contributed by atoms with Gasteiger partial charge in [0.2, 0.25) is 5.95 Å². The average Bonchev–Trinajstić information content (AvgIpc) is 3.10. The fraction of sp³-hybridized carbons (Fsp3) is 0.263. The van der Waals surface area contributed by atoms with Crippen molar-refractivity contribution in [1.82, 2.24) is 9.97 Å². The van der Waals surface area contributed by atoms with Crippen LogP contribution in [0.4, 0.5) is 23.3 Å². The van der Waals surface area contributed by atoms with Crippen LogP contribution in [0.25, 0.3) is 0 Å². The second-order valence-electron chi connectivity index (χ2n) is 6.08. The molecule has 0 saturated heterocycles. The van der Waals surface area contributed by atoms with E-state index in [1.165, 1.54) is 10.4 Å². The molecular weight excluding hydrogens is 330 g/mol. The second kappa shape index (κ2) is 7.98. The fourth-order valence-electron chi connectivity index (χ4n) is 2.34. The Balaban J connectivity index is 1.73.